The molecular formula is C11H6N2O3. The first-order chi connectivity index (χ1) is 7.88. The van der Waals surface area contributed by atoms with Gasteiger partial charge >= 0.3 is 0 Å². The van der Waals surface area contributed by atoms with E-state index in [0.29, 0.717) is 17.6 Å². The van der Waals surface area contributed by atoms with Crippen molar-refractivity contribution in [2.24, 2.45) is 0 Å². The molecule has 0 aliphatic rings. The second-order valence-electron chi connectivity index (χ2n) is 3.25. The van der Waals surface area contributed by atoms with Crippen LogP contribution in [0, 0.1) is 0 Å². The third-order valence-corrected chi connectivity index (χ3v) is 2.29. The van der Waals surface area contributed by atoms with E-state index in [0.717, 1.165) is 10.9 Å². The number of hydrogen-bond donors (Lipinski definition) is 0. The quantitative estimate of drug-likeness (QED) is 0.612. The monoisotopic (exact) mass is 214 g/mol. The molecule has 0 aromatic carbocycles. The van der Waals surface area contributed by atoms with Crippen LogP contribution in [0.5, 0.6) is 0 Å². The lowest BCUT2D eigenvalue weighted by atomic mass is 10.1. The molecule has 5 heteroatoms. The molecule has 16 heavy (non-hydrogen) atoms. The minimum Gasteiger partial charge on any atom is -0.453 e. The van der Waals surface area contributed by atoms with Crippen LogP contribution in [0.25, 0.3) is 22.2 Å². The lowest BCUT2D eigenvalue weighted by Gasteiger charge is -1.95. The van der Waals surface area contributed by atoms with Crippen LogP contribution >= 0.6 is 0 Å². The smallest absolute Gasteiger partial charge is 0.185 e. The topological polar surface area (TPSA) is 69.1 Å². The molecule has 0 aliphatic carbocycles. The Labute approximate surface area is 89.7 Å². The molecule has 3 rings (SSSR count). The Morgan fingerprint density at radius 1 is 1.38 bits per heavy atom. The van der Waals surface area contributed by atoms with Gasteiger partial charge in [-0.25, -0.2) is 0 Å². The van der Waals surface area contributed by atoms with Crippen LogP contribution in [0.1, 0.15) is 10.6 Å². The SMILES string of the molecule is O=Cc1cc2c(-c3cnoc3)nccc2o1. The number of rotatable bonds is 2. The van der Waals surface area contributed by atoms with E-state index in [1.165, 1.54) is 6.26 Å². The lowest BCUT2D eigenvalue weighted by molar-refractivity contribution is 0.110. The molecule has 0 fully saturated rings. The highest BCUT2D eigenvalue weighted by Gasteiger charge is 2.11. The summed E-state index contributed by atoms with van der Waals surface area (Å²) >= 11 is 0. The second-order valence-corrected chi connectivity index (χ2v) is 3.25. The van der Waals surface area contributed by atoms with E-state index < -0.39 is 0 Å². The molecule has 0 radical (unpaired) electrons. The predicted octanol–water partition coefficient (Wildman–Crippen LogP) is 2.30. The van der Waals surface area contributed by atoms with Crippen molar-refractivity contribution < 1.29 is 13.7 Å². The Kier molecular flexibility index (Phi) is 1.83. The number of carbonyl (C=O) groups excluding carboxylic acids is 1. The number of aldehydes is 1. The number of aromatic nitrogens is 2. The second kappa shape index (κ2) is 3.30. The van der Waals surface area contributed by atoms with E-state index in [2.05, 4.69) is 10.1 Å². The van der Waals surface area contributed by atoms with Gasteiger partial charge in [-0.3, -0.25) is 9.78 Å². The average molecular weight is 214 g/mol. The van der Waals surface area contributed by atoms with E-state index in [1.54, 1.807) is 24.5 Å². The van der Waals surface area contributed by atoms with Gasteiger partial charge in [-0.2, -0.15) is 0 Å². The highest BCUT2D eigenvalue weighted by atomic mass is 16.5. The molecule has 0 saturated carbocycles. The first-order valence-corrected chi connectivity index (χ1v) is 4.62. The molecule has 5 nitrogen and oxygen atoms in total. The Morgan fingerprint density at radius 2 is 2.31 bits per heavy atom. The average Bonchev–Trinajstić information content (AvgIpc) is 2.97. The number of nitrogens with zero attached hydrogens (tertiary/aromatic N) is 2. The van der Waals surface area contributed by atoms with Gasteiger partial charge in [0.15, 0.2) is 12.0 Å². The third kappa shape index (κ3) is 1.22. The van der Waals surface area contributed by atoms with Crippen molar-refractivity contribution >= 4 is 17.3 Å². The van der Waals surface area contributed by atoms with Crippen LogP contribution in [-0.4, -0.2) is 16.4 Å². The van der Waals surface area contributed by atoms with Gasteiger partial charge in [0.2, 0.25) is 0 Å². The van der Waals surface area contributed by atoms with Gasteiger partial charge in [0.05, 0.1) is 17.5 Å². The highest BCUT2D eigenvalue weighted by Crippen LogP contribution is 2.28. The normalized spacial score (nSPS) is 10.8. The number of fused-ring (bicyclic) bond motifs is 1. The summed E-state index contributed by atoms with van der Waals surface area (Å²) in [6.45, 7) is 0. The fourth-order valence-electron chi connectivity index (χ4n) is 1.59. The fraction of sp³-hybridized carbons (Fsp3) is 0. The molecule has 3 aromatic heterocycles. The van der Waals surface area contributed by atoms with Crippen LogP contribution in [0.15, 0.2) is 39.7 Å². The van der Waals surface area contributed by atoms with Gasteiger partial charge in [0, 0.05) is 11.6 Å². The molecule has 0 atom stereocenters. The van der Waals surface area contributed by atoms with Crippen molar-refractivity contribution in [2.45, 2.75) is 0 Å². The zero-order valence-corrected chi connectivity index (χ0v) is 8.08. The summed E-state index contributed by atoms with van der Waals surface area (Å²) in [5.41, 5.74) is 2.06. The van der Waals surface area contributed by atoms with E-state index >= 15 is 0 Å². The minimum atomic E-state index is 0.278. The van der Waals surface area contributed by atoms with E-state index in [1.807, 2.05) is 0 Å². The van der Waals surface area contributed by atoms with Crippen molar-refractivity contribution in [2.75, 3.05) is 0 Å². The Morgan fingerprint density at radius 3 is 3.06 bits per heavy atom. The molecular weight excluding hydrogens is 208 g/mol. The van der Waals surface area contributed by atoms with E-state index in [9.17, 15) is 4.79 Å². The van der Waals surface area contributed by atoms with Crippen molar-refractivity contribution in [1.29, 1.82) is 0 Å². The van der Waals surface area contributed by atoms with E-state index in [4.69, 9.17) is 8.94 Å². The molecule has 0 unspecified atom stereocenters. The number of furan rings is 1. The van der Waals surface area contributed by atoms with Crippen molar-refractivity contribution in [3.63, 3.8) is 0 Å². The molecule has 0 bridgehead atoms. The largest absolute Gasteiger partial charge is 0.453 e. The lowest BCUT2D eigenvalue weighted by Crippen LogP contribution is -1.80. The molecule has 0 spiro atoms. The molecule has 3 aromatic rings. The Hall–Kier alpha value is -2.43. The van der Waals surface area contributed by atoms with Crippen LogP contribution in [0.4, 0.5) is 0 Å². The zero-order valence-electron chi connectivity index (χ0n) is 8.08. The van der Waals surface area contributed by atoms with Crippen LogP contribution < -0.4 is 0 Å². The Balaban J connectivity index is 2.32. The van der Waals surface area contributed by atoms with Crippen molar-refractivity contribution in [3.8, 4) is 11.3 Å². The highest BCUT2D eigenvalue weighted by molar-refractivity contribution is 5.94. The first kappa shape index (κ1) is 8.84. The number of hydrogen-bond acceptors (Lipinski definition) is 5. The van der Waals surface area contributed by atoms with Gasteiger partial charge in [-0.1, -0.05) is 5.16 Å². The summed E-state index contributed by atoms with van der Waals surface area (Å²) in [5.74, 6) is 0.278. The summed E-state index contributed by atoms with van der Waals surface area (Å²) in [5, 5.41) is 4.39. The maximum atomic E-state index is 10.6. The first-order valence-electron chi connectivity index (χ1n) is 4.62. The van der Waals surface area contributed by atoms with Crippen molar-refractivity contribution in [1.82, 2.24) is 10.1 Å². The summed E-state index contributed by atoms with van der Waals surface area (Å²) in [7, 11) is 0. The van der Waals surface area contributed by atoms with Crippen LogP contribution in [0.3, 0.4) is 0 Å². The van der Waals surface area contributed by atoms with Gasteiger partial charge in [0.25, 0.3) is 0 Å². The fourth-order valence-corrected chi connectivity index (χ4v) is 1.59. The maximum absolute atomic E-state index is 10.6. The molecule has 0 aliphatic heterocycles. The minimum absolute atomic E-state index is 0.278. The standard InChI is InChI=1S/C11H6N2O3/c14-5-8-3-9-10(16-8)1-2-12-11(9)7-4-13-15-6-7/h1-6H. The van der Waals surface area contributed by atoms with Crippen molar-refractivity contribution in [3.05, 3.63) is 36.5 Å². The van der Waals surface area contributed by atoms with Gasteiger partial charge < -0.3 is 8.94 Å². The van der Waals surface area contributed by atoms with E-state index in [-0.39, 0.29) is 5.76 Å². The number of pyridine rings is 1. The number of carbonyl (C=O) groups is 1. The maximum Gasteiger partial charge on any atom is 0.185 e. The molecule has 0 saturated heterocycles. The van der Waals surface area contributed by atoms with Gasteiger partial charge in [-0.05, 0) is 12.1 Å². The van der Waals surface area contributed by atoms with Gasteiger partial charge in [-0.15, -0.1) is 0 Å². The van der Waals surface area contributed by atoms with Crippen LogP contribution in [0.2, 0.25) is 0 Å². The molecule has 0 amide bonds. The third-order valence-electron chi connectivity index (χ3n) is 2.29. The molecule has 78 valence electrons. The summed E-state index contributed by atoms with van der Waals surface area (Å²) in [4.78, 5) is 14.8. The zero-order chi connectivity index (χ0) is 11.0. The van der Waals surface area contributed by atoms with Crippen LogP contribution in [-0.2, 0) is 0 Å². The van der Waals surface area contributed by atoms with Gasteiger partial charge in [0.1, 0.15) is 11.8 Å². The summed E-state index contributed by atoms with van der Waals surface area (Å²) in [6, 6.07) is 3.36. The summed E-state index contributed by atoms with van der Waals surface area (Å²) in [6.07, 6.45) is 5.34. The molecule has 3 heterocycles. The predicted molar refractivity (Wildman–Crippen MR) is 54.9 cm³/mol. The molecule has 0 N–H and O–H groups in total. The Bertz CT molecular complexity index is 640. The summed E-state index contributed by atoms with van der Waals surface area (Å²) < 4.78 is 10.1.